The molecule has 0 amide bonds. The number of aliphatic hydroxyl groups is 2. The molecule has 0 saturated heterocycles. The van der Waals surface area contributed by atoms with Crippen LogP contribution in [0.15, 0.2) is 0 Å². The van der Waals surface area contributed by atoms with E-state index in [1.807, 2.05) is 4.90 Å². The van der Waals surface area contributed by atoms with Crippen molar-refractivity contribution in [2.75, 3.05) is 40.0 Å². The number of hydrogen-bond donors (Lipinski definition) is 2. The molecule has 0 fully saturated rings. The molecule has 2 N–H and O–H groups in total. The summed E-state index contributed by atoms with van der Waals surface area (Å²) in [5.41, 5.74) is 0. The molecule has 1 unspecified atom stereocenters. The Morgan fingerprint density at radius 3 is 2.21 bits per heavy atom. The van der Waals surface area contributed by atoms with Crippen molar-refractivity contribution < 1.29 is 19.7 Å². The van der Waals surface area contributed by atoms with Crippen LogP contribution in [-0.4, -0.2) is 61.0 Å². The quantitative estimate of drug-likeness (QED) is 0.526. The largest absolute Gasteiger partial charge is 0.469 e. The number of hydrogen-bond acceptors (Lipinski definition) is 5. The molecule has 84 valence electrons. The Kier molecular flexibility index (Phi) is 7.37. The molecule has 14 heavy (non-hydrogen) atoms. The molecule has 0 aromatic carbocycles. The molecule has 0 aromatic rings. The van der Waals surface area contributed by atoms with Crippen LogP contribution < -0.4 is 0 Å². The van der Waals surface area contributed by atoms with Gasteiger partial charge in [0, 0.05) is 19.6 Å². The first-order valence-electron chi connectivity index (χ1n) is 4.67. The molecule has 0 aliphatic rings. The van der Waals surface area contributed by atoms with E-state index in [4.69, 9.17) is 10.2 Å². The lowest BCUT2D eigenvalue weighted by Gasteiger charge is -2.22. The third-order valence-corrected chi connectivity index (χ3v) is 1.97. The standard InChI is InChI=1S/C9H19NO4/c1-8(9(13)14-2)7-10(3-5-11)4-6-12/h8,11-12H,3-7H2,1-2H3. The fraction of sp³-hybridized carbons (Fsp3) is 0.889. The van der Waals surface area contributed by atoms with E-state index in [-0.39, 0.29) is 25.1 Å². The van der Waals surface area contributed by atoms with Crippen LogP contribution in [0.4, 0.5) is 0 Å². The van der Waals surface area contributed by atoms with Gasteiger partial charge in [0.25, 0.3) is 0 Å². The van der Waals surface area contributed by atoms with Gasteiger partial charge >= 0.3 is 5.97 Å². The summed E-state index contributed by atoms with van der Waals surface area (Å²) in [6.45, 7) is 3.22. The number of carbonyl (C=O) groups is 1. The van der Waals surface area contributed by atoms with Gasteiger partial charge in [0.15, 0.2) is 0 Å². The predicted molar refractivity (Wildman–Crippen MR) is 51.8 cm³/mol. The van der Waals surface area contributed by atoms with Crippen molar-refractivity contribution in [3.8, 4) is 0 Å². The number of carbonyl (C=O) groups excluding carboxylic acids is 1. The maximum atomic E-state index is 11.1. The summed E-state index contributed by atoms with van der Waals surface area (Å²) in [4.78, 5) is 12.9. The summed E-state index contributed by atoms with van der Waals surface area (Å²) >= 11 is 0. The van der Waals surface area contributed by atoms with Crippen molar-refractivity contribution >= 4 is 5.97 Å². The van der Waals surface area contributed by atoms with Crippen molar-refractivity contribution in [2.24, 2.45) is 5.92 Å². The second-order valence-electron chi connectivity index (χ2n) is 3.17. The first kappa shape index (κ1) is 13.4. The summed E-state index contributed by atoms with van der Waals surface area (Å²) in [6.07, 6.45) is 0. The fourth-order valence-corrected chi connectivity index (χ4v) is 1.24. The van der Waals surface area contributed by atoms with Crippen LogP contribution in [0.3, 0.4) is 0 Å². The van der Waals surface area contributed by atoms with Crippen molar-refractivity contribution in [3.63, 3.8) is 0 Å². The Morgan fingerprint density at radius 1 is 1.36 bits per heavy atom. The van der Waals surface area contributed by atoms with Gasteiger partial charge in [-0.05, 0) is 0 Å². The van der Waals surface area contributed by atoms with Crippen molar-refractivity contribution in [2.45, 2.75) is 6.92 Å². The summed E-state index contributed by atoms with van der Waals surface area (Å²) in [6, 6.07) is 0. The minimum absolute atomic E-state index is 0.0217. The summed E-state index contributed by atoms with van der Waals surface area (Å²) in [5, 5.41) is 17.5. The summed E-state index contributed by atoms with van der Waals surface area (Å²) < 4.78 is 4.58. The van der Waals surface area contributed by atoms with Crippen molar-refractivity contribution in [3.05, 3.63) is 0 Å². The third kappa shape index (κ3) is 5.16. The minimum atomic E-state index is -0.272. The minimum Gasteiger partial charge on any atom is -0.469 e. The SMILES string of the molecule is COC(=O)C(C)CN(CCO)CCO. The highest BCUT2D eigenvalue weighted by Crippen LogP contribution is 2.01. The second kappa shape index (κ2) is 7.73. The van der Waals surface area contributed by atoms with E-state index in [2.05, 4.69) is 4.74 Å². The molecule has 0 rings (SSSR count). The first-order valence-corrected chi connectivity index (χ1v) is 4.67. The summed E-state index contributed by atoms with van der Waals surface area (Å²) in [7, 11) is 1.35. The molecule has 1 atom stereocenters. The van der Waals surface area contributed by atoms with Gasteiger partial charge in [-0.15, -0.1) is 0 Å². The highest BCUT2D eigenvalue weighted by Gasteiger charge is 2.16. The number of nitrogens with zero attached hydrogens (tertiary/aromatic N) is 1. The highest BCUT2D eigenvalue weighted by atomic mass is 16.5. The molecule has 0 bridgehead atoms. The highest BCUT2D eigenvalue weighted by molar-refractivity contribution is 5.72. The van der Waals surface area contributed by atoms with E-state index in [9.17, 15) is 4.79 Å². The zero-order valence-electron chi connectivity index (χ0n) is 8.77. The van der Waals surface area contributed by atoms with Crippen LogP contribution in [0.25, 0.3) is 0 Å². The number of ether oxygens (including phenoxy) is 1. The summed E-state index contributed by atoms with van der Waals surface area (Å²) in [5.74, 6) is -0.510. The predicted octanol–water partition coefficient (Wildman–Crippen LogP) is -0.918. The molecule has 0 radical (unpaired) electrons. The number of methoxy groups -OCH3 is 1. The third-order valence-electron chi connectivity index (χ3n) is 1.97. The number of rotatable bonds is 7. The zero-order valence-corrected chi connectivity index (χ0v) is 8.77. The lowest BCUT2D eigenvalue weighted by Crippen LogP contribution is -2.36. The lowest BCUT2D eigenvalue weighted by atomic mass is 10.1. The Bertz CT molecular complexity index is 157. The average molecular weight is 205 g/mol. The van der Waals surface area contributed by atoms with Gasteiger partial charge in [-0.25, -0.2) is 0 Å². The smallest absolute Gasteiger partial charge is 0.309 e. The van der Waals surface area contributed by atoms with Crippen LogP contribution in [0.2, 0.25) is 0 Å². The van der Waals surface area contributed by atoms with Crippen LogP contribution in [-0.2, 0) is 9.53 Å². The van der Waals surface area contributed by atoms with E-state index < -0.39 is 0 Å². The lowest BCUT2D eigenvalue weighted by molar-refractivity contribution is -0.145. The maximum Gasteiger partial charge on any atom is 0.309 e. The van der Waals surface area contributed by atoms with Gasteiger partial charge in [0.1, 0.15) is 0 Å². The topological polar surface area (TPSA) is 70.0 Å². The van der Waals surface area contributed by atoms with Crippen molar-refractivity contribution in [1.82, 2.24) is 4.90 Å². The average Bonchev–Trinajstić information content (AvgIpc) is 2.17. The van der Waals surface area contributed by atoms with Crippen LogP contribution in [0.5, 0.6) is 0 Å². The molecule has 0 heterocycles. The molecule has 5 heteroatoms. The first-order chi connectivity index (χ1) is 6.65. The number of esters is 1. The maximum absolute atomic E-state index is 11.1. The molecule has 0 aromatic heterocycles. The Balaban J connectivity index is 3.94. The van der Waals surface area contributed by atoms with Gasteiger partial charge in [-0.3, -0.25) is 9.69 Å². The molecule has 0 saturated carbocycles. The van der Waals surface area contributed by atoms with Crippen LogP contribution in [0, 0.1) is 5.92 Å². The van der Waals surface area contributed by atoms with Crippen LogP contribution >= 0.6 is 0 Å². The molecule has 0 aliphatic carbocycles. The molecular weight excluding hydrogens is 186 g/mol. The van der Waals surface area contributed by atoms with Gasteiger partial charge in [-0.1, -0.05) is 6.92 Å². The Morgan fingerprint density at radius 2 is 1.86 bits per heavy atom. The second-order valence-corrected chi connectivity index (χ2v) is 3.17. The molecule has 0 aliphatic heterocycles. The van der Waals surface area contributed by atoms with E-state index >= 15 is 0 Å². The molecule has 5 nitrogen and oxygen atoms in total. The molecular formula is C9H19NO4. The fourth-order valence-electron chi connectivity index (χ4n) is 1.24. The Labute approximate surface area is 84.3 Å². The molecule has 0 spiro atoms. The van der Waals surface area contributed by atoms with Crippen LogP contribution in [0.1, 0.15) is 6.92 Å². The van der Waals surface area contributed by atoms with E-state index in [0.29, 0.717) is 19.6 Å². The monoisotopic (exact) mass is 205 g/mol. The van der Waals surface area contributed by atoms with Gasteiger partial charge < -0.3 is 14.9 Å². The van der Waals surface area contributed by atoms with Crippen molar-refractivity contribution in [1.29, 1.82) is 0 Å². The van der Waals surface area contributed by atoms with Gasteiger partial charge in [-0.2, -0.15) is 0 Å². The Hall–Kier alpha value is -0.650. The van der Waals surface area contributed by atoms with E-state index in [0.717, 1.165) is 0 Å². The normalized spacial score (nSPS) is 12.9. The van der Waals surface area contributed by atoms with Gasteiger partial charge in [0.05, 0.1) is 26.2 Å². The number of aliphatic hydroxyl groups excluding tert-OH is 2. The van der Waals surface area contributed by atoms with E-state index in [1.54, 1.807) is 6.92 Å². The van der Waals surface area contributed by atoms with E-state index in [1.165, 1.54) is 7.11 Å². The zero-order chi connectivity index (χ0) is 11.0. The van der Waals surface area contributed by atoms with Gasteiger partial charge in [0.2, 0.25) is 0 Å².